The molecule has 0 aromatic carbocycles. The van der Waals surface area contributed by atoms with Crippen molar-refractivity contribution in [3.8, 4) is 0 Å². The first-order valence-corrected chi connectivity index (χ1v) is 30.5. The van der Waals surface area contributed by atoms with Crippen LogP contribution in [-0.2, 0) is 28.6 Å². The lowest BCUT2D eigenvalue weighted by Gasteiger charge is -2.18. The standard InChI is InChI=1S/C63H116O6/c1-4-7-10-13-16-19-22-24-26-28-30-31-33-34-36-38-41-44-47-50-53-56-62(65)68-59-60(58-67-61(64)55-52-49-46-43-40-21-18-15-12-9-6-3)69-63(66)57-54-51-48-45-42-39-37-35-32-29-27-25-23-20-17-14-11-8-5-2/h17,20,25,27,32,35,60H,4-16,18-19,21-24,26,28-31,33-34,36-59H2,1-3H3/b20-17-,27-25-,35-32-. The van der Waals surface area contributed by atoms with Crippen molar-refractivity contribution in [3.05, 3.63) is 36.5 Å². The summed E-state index contributed by atoms with van der Waals surface area (Å²) in [5, 5.41) is 0. The summed E-state index contributed by atoms with van der Waals surface area (Å²) < 4.78 is 16.9. The van der Waals surface area contributed by atoms with Crippen LogP contribution in [0.2, 0.25) is 0 Å². The molecule has 0 spiro atoms. The van der Waals surface area contributed by atoms with E-state index in [0.717, 1.165) is 77.0 Å². The Morgan fingerprint density at radius 3 is 0.841 bits per heavy atom. The van der Waals surface area contributed by atoms with Gasteiger partial charge in [-0.15, -0.1) is 0 Å². The Labute approximate surface area is 429 Å². The van der Waals surface area contributed by atoms with Crippen molar-refractivity contribution in [2.75, 3.05) is 13.2 Å². The molecular formula is C63H116O6. The molecule has 1 unspecified atom stereocenters. The summed E-state index contributed by atoms with van der Waals surface area (Å²) in [4.78, 5) is 38.2. The van der Waals surface area contributed by atoms with Crippen LogP contribution in [-0.4, -0.2) is 37.2 Å². The first kappa shape index (κ1) is 66.6. The van der Waals surface area contributed by atoms with Crippen molar-refractivity contribution in [2.45, 2.75) is 335 Å². The molecule has 0 aromatic heterocycles. The van der Waals surface area contributed by atoms with Crippen molar-refractivity contribution in [1.82, 2.24) is 0 Å². The van der Waals surface area contributed by atoms with E-state index in [1.807, 2.05) is 0 Å². The first-order chi connectivity index (χ1) is 34.0. The number of hydrogen-bond donors (Lipinski definition) is 0. The molecule has 1 atom stereocenters. The van der Waals surface area contributed by atoms with E-state index in [4.69, 9.17) is 14.2 Å². The van der Waals surface area contributed by atoms with Gasteiger partial charge in [0.1, 0.15) is 13.2 Å². The van der Waals surface area contributed by atoms with Crippen molar-refractivity contribution in [1.29, 1.82) is 0 Å². The van der Waals surface area contributed by atoms with Gasteiger partial charge in [-0.2, -0.15) is 0 Å². The van der Waals surface area contributed by atoms with Gasteiger partial charge in [0, 0.05) is 19.3 Å². The molecule has 0 bridgehead atoms. The highest BCUT2D eigenvalue weighted by molar-refractivity contribution is 5.71. The van der Waals surface area contributed by atoms with Gasteiger partial charge in [-0.1, -0.05) is 288 Å². The summed E-state index contributed by atoms with van der Waals surface area (Å²) in [5.74, 6) is -0.865. The van der Waals surface area contributed by atoms with Gasteiger partial charge in [0.05, 0.1) is 0 Å². The van der Waals surface area contributed by atoms with Crippen molar-refractivity contribution < 1.29 is 28.6 Å². The number of carbonyl (C=O) groups excluding carboxylic acids is 3. The number of rotatable bonds is 56. The molecule has 404 valence electrons. The lowest BCUT2D eigenvalue weighted by Crippen LogP contribution is -2.30. The largest absolute Gasteiger partial charge is 0.462 e. The second-order valence-corrected chi connectivity index (χ2v) is 20.6. The SMILES string of the molecule is CCCCC/C=C\C/C=C\C/C=C\CCCCCCCCC(=O)OC(COC(=O)CCCCCCCCCCCCC)COC(=O)CCCCCCCCCCCCCCCCCCCCCCC. The van der Waals surface area contributed by atoms with Crippen LogP contribution >= 0.6 is 0 Å². The Morgan fingerprint density at radius 1 is 0.290 bits per heavy atom. The zero-order chi connectivity index (χ0) is 50.0. The Balaban J connectivity index is 4.28. The van der Waals surface area contributed by atoms with Gasteiger partial charge in [0.2, 0.25) is 0 Å². The molecule has 0 amide bonds. The normalized spacial score (nSPS) is 12.2. The number of ether oxygens (including phenoxy) is 3. The molecule has 0 fully saturated rings. The average Bonchev–Trinajstić information content (AvgIpc) is 3.35. The van der Waals surface area contributed by atoms with E-state index in [1.165, 1.54) is 212 Å². The van der Waals surface area contributed by atoms with Crippen LogP contribution in [0.5, 0.6) is 0 Å². The third-order valence-electron chi connectivity index (χ3n) is 13.6. The molecule has 0 saturated carbocycles. The number of hydrogen-bond acceptors (Lipinski definition) is 6. The molecule has 0 N–H and O–H groups in total. The highest BCUT2D eigenvalue weighted by Gasteiger charge is 2.19. The Hall–Kier alpha value is -2.37. The molecule has 69 heavy (non-hydrogen) atoms. The summed E-state index contributed by atoms with van der Waals surface area (Å²) in [5.41, 5.74) is 0. The van der Waals surface area contributed by atoms with Gasteiger partial charge in [-0.25, -0.2) is 0 Å². The van der Waals surface area contributed by atoms with Crippen LogP contribution in [0, 0.1) is 0 Å². The molecule has 0 rings (SSSR count). The van der Waals surface area contributed by atoms with Crippen LogP contribution in [0.1, 0.15) is 329 Å². The lowest BCUT2D eigenvalue weighted by atomic mass is 10.0. The second-order valence-electron chi connectivity index (χ2n) is 20.6. The Kier molecular flexibility index (Phi) is 56.2. The van der Waals surface area contributed by atoms with Gasteiger partial charge in [-0.3, -0.25) is 14.4 Å². The fourth-order valence-corrected chi connectivity index (χ4v) is 9.04. The predicted octanol–water partition coefficient (Wildman–Crippen LogP) is 20.4. The van der Waals surface area contributed by atoms with E-state index in [0.29, 0.717) is 19.3 Å². The molecular weight excluding hydrogens is 853 g/mol. The highest BCUT2D eigenvalue weighted by Crippen LogP contribution is 2.17. The summed E-state index contributed by atoms with van der Waals surface area (Å²) in [7, 11) is 0. The predicted molar refractivity (Wildman–Crippen MR) is 298 cm³/mol. The Morgan fingerprint density at radius 2 is 0.522 bits per heavy atom. The molecule has 0 aromatic rings. The maximum absolute atomic E-state index is 12.9. The molecule has 6 nitrogen and oxygen atoms in total. The first-order valence-electron chi connectivity index (χ1n) is 30.5. The van der Waals surface area contributed by atoms with E-state index in [2.05, 4.69) is 57.2 Å². The van der Waals surface area contributed by atoms with E-state index < -0.39 is 6.10 Å². The maximum Gasteiger partial charge on any atom is 0.306 e. The van der Waals surface area contributed by atoms with E-state index >= 15 is 0 Å². The van der Waals surface area contributed by atoms with Crippen LogP contribution in [0.3, 0.4) is 0 Å². The third-order valence-corrected chi connectivity index (χ3v) is 13.6. The summed E-state index contributed by atoms with van der Waals surface area (Å²) in [6, 6.07) is 0. The molecule has 0 aliphatic carbocycles. The maximum atomic E-state index is 12.9. The molecule has 0 saturated heterocycles. The number of esters is 3. The fourth-order valence-electron chi connectivity index (χ4n) is 9.04. The van der Waals surface area contributed by atoms with Gasteiger partial charge >= 0.3 is 17.9 Å². The van der Waals surface area contributed by atoms with Crippen LogP contribution < -0.4 is 0 Å². The van der Waals surface area contributed by atoms with Crippen molar-refractivity contribution in [2.24, 2.45) is 0 Å². The Bertz CT molecular complexity index is 1160. The van der Waals surface area contributed by atoms with Crippen LogP contribution in [0.25, 0.3) is 0 Å². The lowest BCUT2D eigenvalue weighted by molar-refractivity contribution is -0.167. The molecule has 0 radical (unpaired) electrons. The van der Waals surface area contributed by atoms with Crippen molar-refractivity contribution in [3.63, 3.8) is 0 Å². The highest BCUT2D eigenvalue weighted by atomic mass is 16.6. The smallest absolute Gasteiger partial charge is 0.306 e. The molecule has 6 heteroatoms. The summed E-state index contributed by atoms with van der Waals surface area (Å²) >= 11 is 0. The minimum Gasteiger partial charge on any atom is -0.462 e. The number of carbonyl (C=O) groups is 3. The van der Waals surface area contributed by atoms with Gasteiger partial charge in [0.15, 0.2) is 6.10 Å². The molecule has 0 aliphatic rings. The minimum absolute atomic E-state index is 0.0726. The van der Waals surface area contributed by atoms with Crippen LogP contribution in [0.15, 0.2) is 36.5 Å². The number of unbranched alkanes of at least 4 members (excludes halogenated alkanes) is 39. The average molecular weight is 970 g/mol. The van der Waals surface area contributed by atoms with Crippen LogP contribution in [0.4, 0.5) is 0 Å². The van der Waals surface area contributed by atoms with E-state index in [9.17, 15) is 14.4 Å². The molecule has 0 aliphatic heterocycles. The molecule has 0 heterocycles. The zero-order valence-electron chi connectivity index (χ0n) is 46.3. The topological polar surface area (TPSA) is 78.9 Å². The minimum atomic E-state index is -0.775. The zero-order valence-corrected chi connectivity index (χ0v) is 46.3. The third kappa shape index (κ3) is 56.4. The number of allylic oxidation sites excluding steroid dienone is 6. The summed E-state index contributed by atoms with van der Waals surface area (Å²) in [6.07, 6.45) is 70.0. The monoisotopic (exact) mass is 969 g/mol. The summed E-state index contributed by atoms with van der Waals surface area (Å²) in [6.45, 7) is 6.65. The van der Waals surface area contributed by atoms with Gasteiger partial charge in [0.25, 0.3) is 0 Å². The van der Waals surface area contributed by atoms with Gasteiger partial charge in [-0.05, 0) is 57.8 Å². The fraction of sp³-hybridized carbons (Fsp3) is 0.857. The van der Waals surface area contributed by atoms with Gasteiger partial charge < -0.3 is 14.2 Å². The van der Waals surface area contributed by atoms with E-state index in [-0.39, 0.29) is 31.1 Å². The second kappa shape index (κ2) is 58.2. The van der Waals surface area contributed by atoms with Crippen molar-refractivity contribution >= 4 is 17.9 Å². The van der Waals surface area contributed by atoms with E-state index in [1.54, 1.807) is 0 Å². The quantitative estimate of drug-likeness (QED) is 0.0261.